The molecule has 3 heterocycles. The zero-order valence-corrected chi connectivity index (χ0v) is 22.6. The van der Waals surface area contributed by atoms with Crippen molar-refractivity contribution in [1.82, 2.24) is 14.9 Å². The summed E-state index contributed by atoms with van der Waals surface area (Å²) in [7, 11) is 1.03. The Bertz CT molecular complexity index is 1200. The third-order valence-electron chi connectivity index (χ3n) is 6.25. The van der Waals surface area contributed by atoms with Crippen LogP contribution in [0.4, 0.5) is 11.5 Å². The van der Waals surface area contributed by atoms with Crippen molar-refractivity contribution in [3.05, 3.63) is 41.2 Å². The number of hydrogen-bond acceptors (Lipinski definition) is 9. The Morgan fingerprint density at radius 1 is 1.24 bits per heavy atom. The van der Waals surface area contributed by atoms with Crippen LogP contribution in [0.25, 0.3) is 0 Å². The monoisotopic (exact) mass is 533 g/mol. The summed E-state index contributed by atoms with van der Waals surface area (Å²) in [5.74, 6) is 0.665. The van der Waals surface area contributed by atoms with E-state index >= 15 is 0 Å². The van der Waals surface area contributed by atoms with Gasteiger partial charge in [0.1, 0.15) is 5.82 Å². The molecular weight excluding hydrogens is 498 g/mol. The lowest BCUT2D eigenvalue weighted by Gasteiger charge is -2.28. The van der Waals surface area contributed by atoms with E-state index in [0.29, 0.717) is 42.1 Å². The van der Waals surface area contributed by atoms with Crippen LogP contribution in [0.1, 0.15) is 55.0 Å². The van der Waals surface area contributed by atoms with Crippen molar-refractivity contribution >= 4 is 33.4 Å². The molecule has 0 spiro atoms. The van der Waals surface area contributed by atoms with Crippen LogP contribution in [-0.2, 0) is 37.2 Å². The highest BCUT2D eigenvalue weighted by Gasteiger charge is 2.25. The van der Waals surface area contributed by atoms with E-state index in [4.69, 9.17) is 9.47 Å². The molecule has 202 valence electrons. The van der Waals surface area contributed by atoms with Crippen molar-refractivity contribution in [2.45, 2.75) is 51.0 Å². The molecule has 12 heteroatoms. The number of esters is 1. The van der Waals surface area contributed by atoms with Gasteiger partial charge in [-0.25, -0.2) is 18.4 Å². The zero-order chi connectivity index (χ0) is 27.0. The number of nitrogens with zero attached hydrogens (tertiary/aromatic N) is 3. The summed E-state index contributed by atoms with van der Waals surface area (Å²) >= 11 is 0. The van der Waals surface area contributed by atoms with Gasteiger partial charge >= 0.3 is 5.97 Å². The Balaban J connectivity index is 1.64. The normalized spacial score (nSPS) is 13.6. The standard InChI is InChI=1S/C25H35N5O6S/c1-30(21(15-24(32)36-3)18-11-12-22(35-2)27-16-18)23(31)10-6-5-9-19-20(29-37(4,33)34)14-17-8-7-13-26-25(17)28-19/h11-12,14,16,21,29H,5-10,13,15H2,1-4H3,(H,26,28)/t21-/m0/s1. The third-order valence-corrected chi connectivity index (χ3v) is 6.84. The van der Waals surface area contributed by atoms with E-state index in [1.807, 2.05) is 6.07 Å². The molecule has 1 atom stereocenters. The van der Waals surface area contributed by atoms with Gasteiger partial charge in [-0.1, -0.05) is 6.07 Å². The molecule has 2 aromatic heterocycles. The first-order valence-electron chi connectivity index (χ1n) is 12.2. The average Bonchev–Trinajstić information content (AvgIpc) is 2.88. The van der Waals surface area contributed by atoms with E-state index in [1.165, 1.54) is 19.1 Å². The maximum Gasteiger partial charge on any atom is 0.307 e. The number of rotatable bonds is 12. The maximum atomic E-state index is 13.0. The predicted octanol–water partition coefficient (Wildman–Crippen LogP) is 2.69. The molecule has 0 fully saturated rings. The summed E-state index contributed by atoms with van der Waals surface area (Å²) in [5.41, 5.74) is 2.82. The molecule has 2 N–H and O–H groups in total. The molecule has 1 aliphatic rings. The number of methoxy groups -OCH3 is 2. The molecule has 11 nitrogen and oxygen atoms in total. The minimum atomic E-state index is -3.46. The first-order chi connectivity index (χ1) is 17.6. The van der Waals surface area contributed by atoms with Crippen molar-refractivity contribution in [3.63, 3.8) is 0 Å². The Hall–Kier alpha value is -3.41. The van der Waals surface area contributed by atoms with Crippen LogP contribution in [0.15, 0.2) is 24.4 Å². The maximum absolute atomic E-state index is 13.0. The molecule has 2 aromatic rings. The van der Waals surface area contributed by atoms with Gasteiger partial charge in [0.2, 0.25) is 21.8 Å². The highest BCUT2D eigenvalue weighted by Crippen LogP contribution is 2.28. The molecule has 37 heavy (non-hydrogen) atoms. The summed E-state index contributed by atoms with van der Waals surface area (Å²) < 4.78 is 36.3. The molecule has 0 saturated carbocycles. The van der Waals surface area contributed by atoms with Gasteiger partial charge in [-0.05, 0) is 49.3 Å². The quantitative estimate of drug-likeness (QED) is 0.311. The van der Waals surface area contributed by atoms with E-state index in [1.54, 1.807) is 25.4 Å². The fourth-order valence-electron chi connectivity index (χ4n) is 4.25. The minimum Gasteiger partial charge on any atom is -0.481 e. The smallest absolute Gasteiger partial charge is 0.307 e. The number of sulfonamides is 1. The van der Waals surface area contributed by atoms with E-state index in [-0.39, 0.29) is 18.7 Å². The fraction of sp³-hybridized carbons (Fsp3) is 0.520. The molecule has 1 amide bonds. The van der Waals surface area contributed by atoms with Crippen LogP contribution in [0.3, 0.4) is 0 Å². The van der Waals surface area contributed by atoms with Gasteiger partial charge in [0.25, 0.3) is 0 Å². The van der Waals surface area contributed by atoms with Crippen LogP contribution in [0, 0.1) is 0 Å². The lowest BCUT2D eigenvalue weighted by atomic mass is 10.0. The number of carbonyl (C=O) groups is 2. The number of ether oxygens (including phenoxy) is 2. The molecule has 1 aliphatic heterocycles. The molecular formula is C25H35N5O6S. The molecule has 0 saturated heterocycles. The highest BCUT2D eigenvalue weighted by atomic mass is 32.2. The van der Waals surface area contributed by atoms with Crippen LogP contribution in [-0.4, -0.2) is 69.2 Å². The van der Waals surface area contributed by atoms with Crippen LogP contribution >= 0.6 is 0 Å². The minimum absolute atomic E-state index is 0.000679. The highest BCUT2D eigenvalue weighted by molar-refractivity contribution is 7.92. The second kappa shape index (κ2) is 12.7. The molecule has 0 aliphatic carbocycles. The molecule has 0 aromatic carbocycles. The molecule has 3 rings (SSSR count). The first-order valence-corrected chi connectivity index (χ1v) is 14.1. The third kappa shape index (κ3) is 8.04. The SMILES string of the molecule is COC(=O)C[C@@H](c1ccc(OC)nc1)N(C)C(=O)CCCCc1nc2c(cc1NS(C)(=O)=O)CCCN2. The van der Waals surface area contributed by atoms with E-state index < -0.39 is 22.0 Å². The largest absolute Gasteiger partial charge is 0.481 e. The van der Waals surface area contributed by atoms with E-state index in [0.717, 1.165) is 37.0 Å². The van der Waals surface area contributed by atoms with Crippen molar-refractivity contribution in [1.29, 1.82) is 0 Å². The van der Waals surface area contributed by atoms with Crippen LogP contribution < -0.4 is 14.8 Å². The topological polar surface area (TPSA) is 140 Å². The number of anilines is 2. The Kier molecular flexibility index (Phi) is 9.67. The van der Waals surface area contributed by atoms with Crippen LogP contribution in [0.5, 0.6) is 5.88 Å². The van der Waals surface area contributed by atoms with Gasteiger partial charge in [-0.2, -0.15) is 0 Å². The Morgan fingerprint density at radius 3 is 2.68 bits per heavy atom. The van der Waals surface area contributed by atoms with Gasteiger partial charge < -0.3 is 19.7 Å². The lowest BCUT2D eigenvalue weighted by molar-refractivity contribution is -0.143. The number of nitrogens with one attached hydrogen (secondary N) is 2. The van der Waals surface area contributed by atoms with Gasteiger partial charge in [0, 0.05) is 32.3 Å². The van der Waals surface area contributed by atoms with Crippen molar-refractivity contribution in [3.8, 4) is 5.88 Å². The van der Waals surface area contributed by atoms with Gasteiger partial charge in [0.05, 0.1) is 44.3 Å². The van der Waals surface area contributed by atoms with Gasteiger partial charge in [-0.3, -0.25) is 14.3 Å². The fourth-order valence-corrected chi connectivity index (χ4v) is 4.83. The second-order valence-electron chi connectivity index (χ2n) is 9.04. The summed E-state index contributed by atoms with van der Waals surface area (Å²) in [6.45, 7) is 0.829. The number of carbonyl (C=O) groups excluding carboxylic acids is 2. The Morgan fingerprint density at radius 2 is 2.03 bits per heavy atom. The van der Waals surface area contributed by atoms with Crippen molar-refractivity contribution in [2.24, 2.45) is 0 Å². The number of unbranched alkanes of at least 4 members (excludes halogenated alkanes) is 1. The number of hydrogen-bond donors (Lipinski definition) is 2. The van der Waals surface area contributed by atoms with Gasteiger partial charge in [0.15, 0.2) is 0 Å². The number of aryl methyl sites for hydroxylation is 2. The molecule has 0 unspecified atom stereocenters. The summed E-state index contributed by atoms with van der Waals surface area (Å²) in [6, 6.07) is 4.78. The lowest BCUT2D eigenvalue weighted by Crippen LogP contribution is -2.32. The number of pyridine rings is 2. The first kappa shape index (κ1) is 28.2. The van der Waals surface area contributed by atoms with E-state index in [2.05, 4.69) is 20.0 Å². The second-order valence-corrected chi connectivity index (χ2v) is 10.8. The molecule has 0 radical (unpaired) electrons. The Labute approximate surface area is 218 Å². The molecule has 0 bridgehead atoms. The van der Waals surface area contributed by atoms with Crippen molar-refractivity contribution < 1.29 is 27.5 Å². The average molecular weight is 534 g/mol. The van der Waals surface area contributed by atoms with E-state index in [9.17, 15) is 18.0 Å². The van der Waals surface area contributed by atoms with Gasteiger partial charge in [-0.15, -0.1) is 0 Å². The summed E-state index contributed by atoms with van der Waals surface area (Å²) in [4.78, 5) is 35.5. The summed E-state index contributed by atoms with van der Waals surface area (Å²) in [6.07, 6.45) is 6.48. The predicted molar refractivity (Wildman–Crippen MR) is 140 cm³/mol. The summed E-state index contributed by atoms with van der Waals surface area (Å²) in [5, 5.41) is 3.27. The zero-order valence-electron chi connectivity index (χ0n) is 21.7. The number of amides is 1. The van der Waals surface area contributed by atoms with Crippen molar-refractivity contribution in [2.75, 3.05) is 44.1 Å². The number of aromatic nitrogens is 2. The number of fused-ring (bicyclic) bond motifs is 1. The van der Waals surface area contributed by atoms with Crippen LogP contribution in [0.2, 0.25) is 0 Å².